The Balaban J connectivity index is 1.55. The van der Waals surface area contributed by atoms with Crippen LogP contribution in [-0.2, 0) is 20.1 Å². The maximum atomic E-state index is 6.10. The van der Waals surface area contributed by atoms with Crippen LogP contribution in [0.4, 0.5) is 0 Å². The van der Waals surface area contributed by atoms with Crippen LogP contribution in [0.5, 0.6) is 11.5 Å². The van der Waals surface area contributed by atoms with Gasteiger partial charge >= 0.3 is 0 Å². The van der Waals surface area contributed by atoms with Gasteiger partial charge in [-0.1, -0.05) is 24.3 Å². The van der Waals surface area contributed by atoms with Crippen LogP contribution >= 0.6 is 0 Å². The van der Waals surface area contributed by atoms with E-state index in [4.69, 9.17) is 10.5 Å². The molecule has 5 nitrogen and oxygen atoms in total. The van der Waals surface area contributed by atoms with Gasteiger partial charge in [0.15, 0.2) is 0 Å². The highest BCUT2D eigenvalue weighted by Crippen LogP contribution is 2.37. The van der Waals surface area contributed by atoms with Gasteiger partial charge < -0.3 is 10.5 Å². The van der Waals surface area contributed by atoms with Crippen molar-refractivity contribution in [1.29, 1.82) is 0 Å². The van der Waals surface area contributed by atoms with Crippen molar-refractivity contribution >= 4 is 0 Å². The van der Waals surface area contributed by atoms with E-state index in [1.165, 1.54) is 16.7 Å². The first-order valence-electron chi connectivity index (χ1n) is 8.50. The zero-order valence-electron chi connectivity index (χ0n) is 14.3. The number of aromatic nitrogens is 2. The van der Waals surface area contributed by atoms with Crippen LogP contribution < -0.4 is 10.5 Å². The minimum Gasteiger partial charge on any atom is -0.457 e. The summed E-state index contributed by atoms with van der Waals surface area (Å²) in [5.74, 6) is 1.70. The number of nitrogens with two attached hydrogens (primary N) is 1. The molecular formula is C20H22N4O. The Bertz CT molecular complexity index is 859. The van der Waals surface area contributed by atoms with Gasteiger partial charge in [-0.2, -0.15) is 5.10 Å². The molecule has 1 aromatic heterocycles. The first-order chi connectivity index (χ1) is 12.2. The van der Waals surface area contributed by atoms with Crippen molar-refractivity contribution in [2.75, 3.05) is 6.54 Å². The SMILES string of the molecule is Cn1cc(CN2Cc3ccc(Oc4ccccc4)cc3C2CN)cn1. The largest absolute Gasteiger partial charge is 0.457 e. The summed E-state index contributed by atoms with van der Waals surface area (Å²) in [7, 11) is 1.94. The van der Waals surface area contributed by atoms with Gasteiger partial charge in [-0.3, -0.25) is 9.58 Å². The van der Waals surface area contributed by atoms with Crippen LogP contribution in [-0.4, -0.2) is 21.2 Å². The Hall–Kier alpha value is -2.63. The van der Waals surface area contributed by atoms with Crippen molar-refractivity contribution in [3.8, 4) is 11.5 Å². The lowest BCUT2D eigenvalue weighted by Crippen LogP contribution is -2.27. The summed E-state index contributed by atoms with van der Waals surface area (Å²) in [6.07, 6.45) is 3.97. The van der Waals surface area contributed by atoms with Gasteiger partial charge in [-0.25, -0.2) is 0 Å². The van der Waals surface area contributed by atoms with Crippen LogP contribution in [0, 0.1) is 0 Å². The lowest BCUT2D eigenvalue weighted by atomic mass is 10.0. The Morgan fingerprint density at radius 1 is 1.16 bits per heavy atom. The number of ether oxygens (including phenoxy) is 1. The molecule has 0 saturated carbocycles. The minimum atomic E-state index is 0.203. The summed E-state index contributed by atoms with van der Waals surface area (Å²) in [6, 6.07) is 16.4. The smallest absolute Gasteiger partial charge is 0.127 e. The van der Waals surface area contributed by atoms with Crippen molar-refractivity contribution in [2.24, 2.45) is 12.8 Å². The van der Waals surface area contributed by atoms with E-state index in [0.29, 0.717) is 6.54 Å². The molecule has 2 N–H and O–H groups in total. The van der Waals surface area contributed by atoms with E-state index >= 15 is 0 Å². The molecule has 4 rings (SSSR count). The number of para-hydroxylation sites is 1. The van der Waals surface area contributed by atoms with E-state index in [0.717, 1.165) is 24.6 Å². The molecule has 0 amide bonds. The van der Waals surface area contributed by atoms with Crippen molar-refractivity contribution < 1.29 is 4.74 Å². The lowest BCUT2D eigenvalue weighted by molar-refractivity contribution is 0.211. The molecule has 0 radical (unpaired) electrons. The van der Waals surface area contributed by atoms with Crippen LogP contribution in [0.25, 0.3) is 0 Å². The molecule has 0 bridgehead atoms. The fourth-order valence-corrected chi connectivity index (χ4v) is 3.47. The predicted molar refractivity (Wildman–Crippen MR) is 97.2 cm³/mol. The van der Waals surface area contributed by atoms with Crippen LogP contribution in [0.15, 0.2) is 60.9 Å². The molecule has 0 aliphatic carbocycles. The maximum Gasteiger partial charge on any atom is 0.127 e. The van der Waals surface area contributed by atoms with E-state index in [-0.39, 0.29) is 6.04 Å². The summed E-state index contributed by atoms with van der Waals surface area (Å²) >= 11 is 0. The van der Waals surface area contributed by atoms with E-state index in [1.807, 2.05) is 54.3 Å². The zero-order chi connectivity index (χ0) is 17.2. The molecule has 0 fully saturated rings. The van der Waals surface area contributed by atoms with Crippen molar-refractivity contribution in [3.05, 3.63) is 77.6 Å². The normalized spacial score (nSPS) is 16.8. The highest BCUT2D eigenvalue weighted by molar-refractivity contribution is 5.42. The molecule has 1 aliphatic rings. The summed E-state index contributed by atoms with van der Waals surface area (Å²) < 4.78 is 7.82. The highest BCUT2D eigenvalue weighted by Gasteiger charge is 2.29. The number of aryl methyl sites for hydroxylation is 1. The number of rotatable bonds is 5. The van der Waals surface area contributed by atoms with E-state index < -0.39 is 0 Å². The molecule has 2 aromatic carbocycles. The van der Waals surface area contributed by atoms with Crippen molar-refractivity contribution in [3.63, 3.8) is 0 Å². The molecule has 2 heterocycles. The van der Waals surface area contributed by atoms with E-state index in [9.17, 15) is 0 Å². The van der Waals surface area contributed by atoms with Gasteiger partial charge in [0, 0.05) is 44.5 Å². The minimum absolute atomic E-state index is 0.203. The Morgan fingerprint density at radius 3 is 2.72 bits per heavy atom. The molecule has 1 unspecified atom stereocenters. The third-order valence-corrected chi connectivity index (χ3v) is 4.64. The molecular weight excluding hydrogens is 312 g/mol. The first kappa shape index (κ1) is 15.9. The van der Waals surface area contributed by atoms with Crippen LogP contribution in [0.2, 0.25) is 0 Å². The molecule has 128 valence electrons. The Labute approximate surface area is 147 Å². The summed E-state index contributed by atoms with van der Waals surface area (Å²) in [5, 5.41) is 4.26. The second kappa shape index (κ2) is 6.70. The molecule has 5 heteroatoms. The molecule has 1 atom stereocenters. The summed E-state index contributed by atoms with van der Waals surface area (Å²) in [4.78, 5) is 2.40. The average molecular weight is 334 g/mol. The summed E-state index contributed by atoms with van der Waals surface area (Å²) in [6.45, 7) is 2.33. The summed E-state index contributed by atoms with van der Waals surface area (Å²) in [5.41, 5.74) is 9.88. The van der Waals surface area contributed by atoms with Crippen molar-refractivity contribution in [1.82, 2.24) is 14.7 Å². The quantitative estimate of drug-likeness (QED) is 0.778. The van der Waals surface area contributed by atoms with Gasteiger partial charge in [0.2, 0.25) is 0 Å². The van der Waals surface area contributed by atoms with Gasteiger partial charge in [0.05, 0.1) is 6.20 Å². The molecule has 3 aromatic rings. The van der Waals surface area contributed by atoms with Gasteiger partial charge in [0.25, 0.3) is 0 Å². The fourth-order valence-electron chi connectivity index (χ4n) is 3.47. The number of hydrogen-bond donors (Lipinski definition) is 1. The Morgan fingerprint density at radius 2 is 2.00 bits per heavy atom. The van der Waals surface area contributed by atoms with E-state index in [2.05, 4.69) is 28.3 Å². The molecule has 1 aliphatic heterocycles. The monoisotopic (exact) mass is 334 g/mol. The molecule has 25 heavy (non-hydrogen) atoms. The van der Waals surface area contributed by atoms with Gasteiger partial charge in [-0.05, 0) is 35.4 Å². The molecule has 0 saturated heterocycles. The number of fused-ring (bicyclic) bond motifs is 1. The standard InChI is InChI=1S/C20H22N4O/c1-23-12-15(11-22-23)13-24-14-16-7-8-18(9-19(16)20(24)10-21)25-17-5-3-2-4-6-17/h2-9,11-12,20H,10,13-14,21H2,1H3. The molecule has 0 spiro atoms. The second-order valence-corrected chi connectivity index (χ2v) is 6.45. The first-order valence-corrected chi connectivity index (χ1v) is 8.50. The lowest BCUT2D eigenvalue weighted by Gasteiger charge is -2.23. The van der Waals surface area contributed by atoms with E-state index in [1.54, 1.807) is 0 Å². The predicted octanol–water partition coefficient (Wildman–Crippen LogP) is 3.23. The number of hydrogen-bond acceptors (Lipinski definition) is 4. The van der Waals surface area contributed by atoms with Gasteiger partial charge in [0.1, 0.15) is 11.5 Å². The number of nitrogens with zero attached hydrogens (tertiary/aromatic N) is 3. The fraction of sp³-hybridized carbons (Fsp3) is 0.250. The maximum absolute atomic E-state index is 6.10. The third kappa shape index (κ3) is 3.29. The Kier molecular flexibility index (Phi) is 4.26. The van der Waals surface area contributed by atoms with Crippen molar-refractivity contribution in [2.45, 2.75) is 19.1 Å². The van der Waals surface area contributed by atoms with Gasteiger partial charge in [-0.15, -0.1) is 0 Å². The van der Waals surface area contributed by atoms with Crippen LogP contribution in [0.1, 0.15) is 22.7 Å². The third-order valence-electron chi connectivity index (χ3n) is 4.64. The number of benzene rings is 2. The second-order valence-electron chi connectivity index (χ2n) is 6.45. The van der Waals surface area contributed by atoms with Crippen LogP contribution in [0.3, 0.4) is 0 Å². The highest BCUT2D eigenvalue weighted by atomic mass is 16.5. The zero-order valence-corrected chi connectivity index (χ0v) is 14.3. The average Bonchev–Trinajstić information content (AvgIpc) is 3.18. The topological polar surface area (TPSA) is 56.3 Å².